The van der Waals surface area contributed by atoms with Gasteiger partial charge in [0.1, 0.15) is 11.5 Å². The molecule has 0 unspecified atom stereocenters. The first-order valence-electron chi connectivity index (χ1n) is 14.0. The van der Waals surface area contributed by atoms with Crippen LogP contribution < -0.4 is 25.8 Å². The molecule has 1 aromatic carbocycles. The Kier molecular flexibility index (Phi) is 8.57. The third-order valence-electron chi connectivity index (χ3n) is 7.51. The first-order chi connectivity index (χ1) is 20.1. The highest BCUT2D eigenvalue weighted by Crippen LogP contribution is 2.30. The fourth-order valence-electron chi connectivity index (χ4n) is 4.92. The van der Waals surface area contributed by atoms with Gasteiger partial charge in [0.15, 0.2) is 6.20 Å². The minimum atomic E-state index is -0.389. The molecule has 2 aromatic rings. The number of aliphatic imine (C=N–C) groups is 1. The van der Waals surface area contributed by atoms with Gasteiger partial charge in [-0.25, -0.2) is 9.78 Å². The lowest BCUT2D eigenvalue weighted by molar-refractivity contribution is 0.0302. The number of urea groups is 1. The van der Waals surface area contributed by atoms with Crippen molar-refractivity contribution in [3.05, 3.63) is 72.0 Å². The summed E-state index contributed by atoms with van der Waals surface area (Å²) in [7, 11) is 0. The van der Waals surface area contributed by atoms with E-state index in [9.17, 15) is 14.7 Å². The van der Waals surface area contributed by atoms with Crippen LogP contribution in [0, 0.1) is 12.3 Å². The lowest BCUT2D eigenvalue weighted by Gasteiger charge is -2.30. The molecule has 0 aliphatic carbocycles. The Morgan fingerprint density at radius 2 is 1.95 bits per heavy atom. The molecule has 3 amide bonds. The number of rotatable bonds is 7. The van der Waals surface area contributed by atoms with Crippen molar-refractivity contribution in [2.24, 2.45) is 10.4 Å². The Bertz CT molecular complexity index is 1410. The molecular weight excluding hydrogens is 536 g/mol. The van der Waals surface area contributed by atoms with E-state index in [1.807, 2.05) is 63.2 Å². The fourth-order valence-corrected chi connectivity index (χ4v) is 4.92. The number of amidine groups is 1. The fraction of sp³-hybridized carbons (Fsp3) is 0.400. The Balaban J connectivity index is 1.33. The van der Waals surface area contributed by atoms with Gasteiger partial charge in [-0.2, -0.15) is 4.99 Å². The molecule has 0 saturated carbocycles. The van der Waals surface area contributed by atoms with Crippen molar-refractivity contribution in [1.29, 1.82) is 0 Å². The van der Waals surface area contributed by atoms with Crippen LogP contribution in [-0.4, -0.2) is 78.4 Å². The molecule has 3 aliphatic heterocycles. The van der Waals surface area contributed by atoms with Crippen molar-refractivity contribution < 1.29 is 19.4 Å². The summed E-state index contributed by atoms with van der Waals surface area (Å²) in [5, 5.41) is 18.9. The first kappa shape index (κ1) is 29.2. The normalized spacial score (nSPS) is 17.7. The Morgan fingerprint density at radius 3 is 2.64 bits per heavy atom. The summed E-state index contributed by atoms with van der Waals surface area (Å²) < 4.78 is 5.34. The average molecular weight is 575 g/mol. The number of anilines is 3. The summed E-state index contributed by atoms with van der Waals surface area (Å²) in [6.45, 7) is 10.5. The van der Waals surface area contributed by atoms with Crippen LogP contribution in [0.25, 0.3) is 0 Å². The van der Waals surface area contributed by atoms with Gasteiger partial charge in [-0.05, 0) is 42.2 Å². The molecule has 4 N–H and O–H groups in total. The number of aromatic nitrogens is 1. The van der Waals surface area contributed by atoms with Gasteiger partial charge >= 0.3 is 11.9 Å². The standard InChI is InChI=1S/C30H38N8O4/c1-20-22(34-29(41)35-25(18-39)30(2,3)4)6-5-7-24(20)38-17-23(27-31-10-11-37(27)19-38)33-26-9-8-21(16-32-26)28(40)36-12-14-42-15-13-36/h5-11,16-17,25,39H,12-15,18-19H2,1-4H3,(H,32,33)(H2,34,35,41)/q+1/t25-/m1/s1. The van der Waals surface area contributed by atoms with Gasteiger partial charge in [0.25, 0.3) is 5.91 Å². The van der Waals surface area contributed by atoms with E-state index in [1.54, 1.807) is 29.4 Å². The van der Waals surface area contributed by atoms with Gasteiger partial charge in [0, 0.05) is 31.2 Å². The Hall–Kier alpha value is -4.26. The SMILES string of the molecule is Cc1c(NC(=O)N[C@H](CO)C(C)(C)C)cccc1N1C=C(Nc2ccc(C(=O)N3CCOCC3)cn2)C2=NC=C[N+]2C1. The highest BCUT2D eigenvalue weighted by molar-refractivity contribution is 6.06. The summed E-state index contributed by atoms with van der Waals surface area (Å²) in [5.41, 5.74) is 3.42. The summed E-state index contributed by atoms with van der Waals surface area (Å²) in [6.07, 6.45) is 7.19. The second kappa shape index (κ2) is 12.3. The maximum atomic E-state index is 12.8. The molecule has 12 nitrogen and oxygen atoms in total. The van der Waals surface area contributed by atoms with E-state index >= 15 is 0 Å². The third kappa shape index (κ3) is 6.46. The van der Waals surface area contributed by atoms with Crippen molar-refractivity contribution in [3.63, 3.8) is 0 Å². The number of amides is 3. The summed E-state index contributed by atoms with van der Waals surface area (Å²) in [5.74, 6) is 1.28. The molecule has 221 valence electrons. The molecule has 1 aromatic heterocycles. The number of aliphatic hydroxyl groups is 1. The number of hydrogen-bond donors (Lipinski definition) is 4. The number of fused-ring (bicyclic) bond motifs is 1. The molecule has 1 saturated heterocycles. The zero-order valence-electron chi connectivity index (χ0n) is 24.4. The van der Waals surface area contributed by atoms with Crippen molar-refractivity contribution in [2.45, 2.75) is 33.7 Å². The van der Waals surface area contributed by atoms with E-state index in [4.69, 9.17) is 4.74 Å². The van der Waals surface area contributed by atoms with E-state index in [1.165, 1.54) is 0 Å². The molecule has 1 atom stereocenters. The van der Waals surface area contributed by atoms with Gasteiger partial charge in [-0.1, -0.05) is 31.7 Å². The average Bonchev–Trinajstić information content (AvgIpc) is 3.46. The molecule has 5 rings (SSSR count). The van der Waals surface area contributed by atoms with E-state index in [2.05, 4.69) is 30.8 Å². The van der Waals surface area contributed by atoms with Crippen molar-refractivity contribution >= 4 is 35.0 Å². The predicted molar refractivity (Wildman–Crippen MR) is 162 cm³/mol. The van der Waals surface area contributed by atoms with Crippen molar-refractivity contribution in [1.82, 2.24) is 20.1 Å². The second-order valence-corrected chi connectivity index (χ2v) is 11.5. The number of hydrogen-bond acceptors (Lipinski definition) is 9. The van der Waals surface area contributed by atoms with Crippen molar-refractivity contribution in [2.75, 3.05) is 55.1 Å². The molecule has 42 heavy (non-hydrogen) atoms. The molecule has 3 aliphatic rings. The molecule has 0 spiro atoms. The number of carbonyl (C=O) groups is 2. The van der Waals surface area contributed by atoms with E-state index in [0.29, 0.717) is 50.0 Å². The first-order valence-corrected chi connectivity index (χ1v) is 14.0. The van der Waals surface area contributed by atoms with Gasteiger partial charge in [-0.15, -0.1) is 0 Å². The van der Waals surface area contributed by atoms with Gasteiger partial charge in [0.2, 0.25) is 6.67 Å². The quantitative estimate of drug-likeness (QED) is 0.373. The number of nitrogens with one attached hydrogen (secondary N) is 3. The van der Waals surface area contributed by atoms with E-state index in [-0.39, 0.29) is 30.0 Å². The molecular formula is C30H38N8O4+. The molecule has 12 heteroatoms. The zero-order valence-corrected chi connectivity index (χ0v) is 24.4. The van der Waals surface area contributed by atoms with Crippen LogP contribution in [0.15, 0.2) is 65.8 Å². The highest BCUT2D eigenvalue weighted by atomic mass is 16.5. The lowest BCUT2D eigenvalue weighted by atomic mass is 9.87. The van der Waals surface area contributed by atoms with Crippen LogP contribution in [0.4, 0.5) is 22.0 Å². The third-order valence-corrected chi connectivity index (χ3v) is 7.51. The topological polar surface area (TPSA) is 137 Å². The van der Waals surface area contributed by atoms with Gasteiger partial charge in [0.05, 0.1) is 43.3 Å². The molecule has 1 radical (unpaired) electrons. The lowest BCUT2D eigenvalue weighted by Crippen LogP contribution is -2.48. The number of pyridine rings is 1. The van der Waals surface area contributed by atoms with E-state index < -0.39 is 0 Å². The second-order valence-electron chi connectivity index (χ2n) is 11.5. The largest absolute Gasteiger partial charge is 0.394 e. The number of ether oxygens (including phenoxy) is 1. The maximum Gasteiger partial charge on any atom is 0.319 e. The number of carbonyl (C=O) groups excluding carboxylic acids is 2. The van der Waals surface area contributed by atoms with Crippen LogP contribution >= 0.6 is 0 Å². The van der Waals surface area contributed by atoms with Crippen LogP contribution in [0.5, 0.6) is 0 Å². The summed E-state index contributed by atoms with van der Waals surface area (Å²) in [4.78, 5) is 40.5. The van der Waals surface area contributed by atoms with Crippen LogP contribution in [0.1, 0.15) is 36.7 Å². The van der Waals surface area contributed by atoms with Crippen LogP contribution in [-0.2, 0) is 4.74 Å². The number of benzene rings is 1. The summed E-state index contributed by atoms with van der Waals surface area (Å²) >= 11 is 0. The monoisotopic (exact) mass is 574 g/mol. The van der Waals surface area contributed by atoms with Gasteiger partial charge < -0.3 is 30.7 Å². The number of morpholine rings is 1. The minimum absolute atomic E-state index is 0.0566. The minimum Gasteiger partial charge on any atom is -0.394 e. The number of aliphatic hydroxyl groups excluding tert-OH is 1. The maximum absolute atomic E-state index is 12.8. The Labute approximate surface area is 245 Å². The number of nitrogens with zero attached hydrogens (tertiary/aromatic N) is 5. The molecule has 4 heterocycles. The predicted octanol–water partition coefficient (Wildman–Crippen LogP) is 3.15. The molecule has 1 fully saturated rings. The molecule has 0 bridgehead atoms. The van der Waals surface area contributed by atoms with Crippen molar-refractivity contribution in [3.8, 4) is 0 Å². The van der Waals surface area contributed by atoms with Crippen LogP contribution in [0.3, 0.4) is 0 Å². The highest BCUT2D eigenvalue weighted by Gasteiger charge is 2.37. The zero-order chi connectivity index (χ0) is 29.9. The smallest absolute Gasteiger partial charge is 0.319 e. The van der Waals surface area contributed by atoms with Gasteiger partial charge in [-0.3, -0.25) is 9.69 Å². The summed E-state index contributed by atoms with van der Waals surface area (Å²) in [6, 6.07) is 8.52. The van der Waals surface area contributed by atoms with E-state index in [0.717, 1.165) is 22.8 Å². The van der Waals surface area contributed by atoms with Crippen LogP contribution in [0.2, 0.25) is 0 Å². The Morgan fingerprint density at radius 1 is 1.17 bits per heavy atom.